The van der Waals surface area contributed by atoms with E-state index in [1.165, 1.54) is 12.8 Å². The zero-order valence-corrected chi connectivity index (χ0v) is 11.5. The first-order valence-electron chi connectivity index (χ1n) is 7.14. The molecule has 1 aliphatic carbocycles. The predicted octanol–water partition coefficient (Wildman–Crippen LogP) is 0.729. The molecule has 1 atom stereocenters. The lowest BCUT2D eigenvalue weighted by atomic mass is 10.2. The van der Waals surface area contributed by atoms with Gasteiger partial charge in [-0.25, -0.2) is 9.59 Å². The number of piperazine rings is 1. The van der Waals surface area contributed by atoms with Crippen molar-refractivity contribution in [3.63, 3.8) is 0 Å². The normalized spacial score (nSPS) is 22.1. The van der Waals surface area contributed by atoms with Gasteiger partial charge >= 0.3 is 12.0 Å². The van der Waals surface area contributed by atoms with Crippen molar-refractivity contribution in [1.29, 1.82) is 0 Å². The Kier molecular flexibility index (Phi) is 4.63. The van der Waals surface area contributed by atoms with Gasteiger partial charge in [0.15, 0.2) is 0 Å². The minimum Gasteiger partial charge on any atom is -0.480 e. The van der Waals surface area contributed by atoms with Crippen LogP contribution in [0.5, 0.6) is 0 Å². The fourth-order valence-electron chi connectivity index (χ4n) is 2.52. The molecule has 1 heterocycles. The summed E-state index contributed by atoms with van der Waals surface area (Å²) >= 11 is 0. The van der Waals surface area contributed by atoms with Crippen molar-refractivity contribution in [2.75, 3.05) is 26.2 Å². The second kappa shape index (κ2) is 6.23. The second-order valence-electron chi connectivity index (χ2n) is 5.38. The van der Waals surface area contributed by atoms with Crippen LogP contribution in [0.15, 0.2) is 0 Å². The summed E-state index contributed by atoms with van der Waals surface area (Å²) < 4.78 is 0. The van der Waals surface area contributed by atoms with E-state index in [-0.39, 0.29) is 6.03 Å². The highest BCUT2D eigenvalue weighted by Gasteiger charge is 2.32. The van der Waals surface area contributed by atoms with Crippen LogP contribution in [0.3, 0.4) is 0 Å². The molecular formula is C13H23N3O3. The Bertz CT molecular complexity index is 336. The highest BCUT2D eigenvalue weighted by atomic mass is 16.4. The van der Waals surface area contributed by atoms with E-state index in [2.05, 4.69) is 10.2 Å². The third-order valence-corrected chi connectivity index (χ3v) is 3.84. The molecule has 0 aromatic carbocycles. The largest absolute Gasteiger partial charge is 0.480 e. The number of urea groups is 1. The third kappa shape index (κ3) is 3.83. The van der Waals surface area contributed by atoms with E-state index < -0.39 is 12.0 Å². The SMILES string of the molecule is CCC[C@H](NC(=O)N1CCN(C2CC2)CC1)C(=O)O. The molecule has 2 rings (SSSR count). The van der Waals surface area contributed by atoms with Crippen molar-refractivity contribution in [2.24, 2.45) is 0 Å². The van der Waals surface area contributed by atoms with E-state index in [1.807, 2.05) is 6.92 Å². The number of amides is 2. The summed E-state index contributed by atoms with van der Waals surface area (Å²) in [5.74, 6) is -0.952. The van der Waals surface area contributed by atoms with E-state index in [9.17, 15) is 9.59 Å². The minimum atomic E-state index is -0.952. The van der Waals surface area contributed by atoms with E-state index >= 15 is 0 Å². The Balaban J connectivity index is 1.77. The van der Waals surface area contributed by atoms with Gasteiger partial charge in [-0.05, 0) is 19.3 Å². The minimum absolute atomic E-state index is 0.240. The molecule has 2 N–H and O–H groups in total. The molecule has 1 aliphatic heterocycles. The van der Waals surface area contributed by atoms with E-state index in [1.54, 1.807) is 4.90 Å². The zero-order chi connectivity index (χ0) is 13.8. The molecule has 1 saturated carbocycles. The van der Waals surface area contributed by atoms with Crippen LogP contribution in [0.2, 0.25) is 0 Å². The lowest BCUT2D eigenvalue weighted by Crippen LogP contribution is -2.54. The van der Waals surface area contributed by atoms with Crippen LogP contribution in [0.4, 0.5) is 4.79 Å². The van der Waals surface area contributed by atoms with Crippen LogP contribution >= 0.6 is 0 Å². The van der Waals surface area contributed by atoms with Crippen molar-refractivity contribution in [1.82, 2.24) is 15.1 Å². The van der Waals surface area contributed by atoms with Crippen molar-refractivity contribution in [3.8, 4) is 0 Å². The summed E-state index contributed by atoms with van der Waals surface area (Å²) in [6, 6.07) is -0.271. The second-order valence-corrected chi connectivity index (χ2v) is 5.38. The molecule has 2 aliphatic rings. The molecule has 6 nitrogen and oxygen atoms in total. The molecule has 0 bridgehead atoms. The van der Waals surface area contributed by atoms with E-state index in [0.717, 1.165) is 25.6 Å². The number of carbonyl (C=O) groups is 2. The number of nitrogens with one attached hydrogen (secondary N) is 1. The molecule has 2 amide bonds. The topological polar surface area (TPSA) is 72.9 Å². The number of aliphatic carboxylic acids is 1. The zero-order valence-electron chi connectivity index (χ0n) is 11.5. The summed E-state index contributed by atoms with van der Waals surface area (Å²) in [5.41, 5.74) is 0. The van der Waals surface area contributed by atoms with Crippen LogP contribution in [-0.2, 0) is 4.79 Å². The summed E-state index contributed by atoms with van der Waals surface area (Å²) in [7, 11) is 0. The average Bonchev–Trinajstić information content (AvgIpc) is 3.22. The van der Waals surface area contributed by atoms with Crippen LogP contribution < -0.4 is 5.32 Å². The first kappa shape index (κ1) is 14.1. The number of rotatable bonds is 5. The molecular weight excluding hydrogens is 246 g/mol. The van der Waals surface area contributed by atoms with Gasteiger partial charge in [0.25, 0.3) is 0 Å². The van der Waals surface area contributed by atoms with Crippen LogP contribution in [0.1, 0.15) is 32.6 Å². The van der Waals surface area contributed by atoms with Crippen LogP contribution in [-0.4, -0.2) is 65.2 Å². The molecule has 6 heteroatoms. The van der Waals surface area contributed by atoms with Crippen LogP contribution in [0.25, 0.3) is 0 Å². The maximum atomic E-state index is 12.0. The van der Waals surface area contributed by atoms with Gasteiger partial charge in [0.1, 0.15) is 6.04 Å². The van der Waals surface area contributed by atoms with Gasteiger partial charge in [-0.3, -0.25) is 4.90 Å². The third-order valence-electron chi connectivity index (χ3n) is 3.84. The summed E-state index contributed by atoms with van der Waals surface area (Å²) in [5, 5.41) is 11.6. The Hall–Kier alpha value is -1.30. The van der Waals surface area contributed by atoms with Gasteiger partial charge in [0, 0.05) is 32.2 Å². The molecule has 0 radical (unpaired) electrons. The van der Waals surface area contributed by atoms with Gasteiger partial charge in [0.05, 0.1) is 0 Å². The Morgan fingerprint density at radius 3 is 2.37 bits per heavy atom. The fraction of sp³-hybridized carbons (Fsp3) is 0.846. The van der Waals surface area contributed by atoms with Crippen LogP contribution in [0, 0.1) is 0 Å². The molecule has 0 spiro atoms. The van der Waals surface area contributed by atoms with Gasteiger partial charge in [-0.15, -0.1) is 0 Å². The first-order valence-corrected chi connectivity index (χ1v) is 7.14. The maximum Gasteiger partial charge on any atom is 0.326 e. The lowest BCUT2D eigenvalue weighted by molar-refractivity contribution is -0.139. The quantitative estimate of drug-likeness (QED) is 0.771. The smallest absolute Gasteiger partial charge is 0.326 e. The summed E-state index contributed by atoms with van der Waals surface area (Å²) in [4.78, 5) is 27.2. The maximum absolute atomic E-state index is 12.0. The molecule has 108 valence electrons. The fourth-order valence-corrected chi connectivity index (χ4v) is 2.52. The molecule has 0 aromatic heterocycles. The Morgan fingerprint density at radius 2 is 1.89 bits per heavy atom. The molecule has 0 unspecified atom stereocenters. The number of carboxylic acid groups (broad SMARTS) is 1. The van der Waals surface area contributed by atoms with Crippen molar-refractivity contribution in [3.05, 3.63) is 0 Å². The number of hydrogen-bond donors (Lipinski definition) is 2. The highest BCUT2D eigenvalue weighted by molar-refractivity contribution is 5.82. The molecule has 2 fully saturated rings. The number of nitrogens with zero attached hydrogens (tertiary/aromatic N) is 2. The van der Waals surface area contributed by atoms with Gasteiger partial charge < -0.3 is 15.3 Å². The number of carboxylic acids is 1. The number of hydrogen-bond acceptors (Lipinski definition) is 3. The summed E-state index contributed by atoms with van der Waals surface area (Å²) in [6.07, 6.45) is 3.78. The van der Waals surface area contributed by atoms with Crippen molar-refractivity contribution in [2.45, 2.75) is 44.7 Å². The first-order chi connectivity index (χ1) is 9.11. The van der Waals surface area contributed by atoms with Gasteiger partial charge in [-0.2, -0.15) is 0 Å². The highest BCUT2D eigenvalue weighted by Crippen LogP contribution is 2.27. The standard InChI is InChI=1S/C13H23N3O3/c1-2-3-11(12(17)18)14-13(19)16-8-6-15(7-9-16)10-4-5-10/h10-11H,2-9H2,1H3,(H,14,19)(H,17,18)/t11-/m0/s1. The van der Waals surface area contributed by atoms with E-state index in [4.69, 9.17) is 5.11 Å². The molecule has 0 aromatic rings. The Morgan fingerprint density at radius 1 is 1.26 bits per heavy atom. The predicted molar refractivity (Wildman–Crippen MR) is 71.0 cm³/mol. The number of carbonyl (C=O) groups excluding carboxylic acids is 1. The monoisotopic (exact) mass is 269 g/mol. The van der Waals surface area contributed by atoms with Crippen molar-refractivity contribution < 1.29 is 14.7 Å². The van der Waals surface area contributed by atoms with E-state index in [0.29, 0.717) is 19.5 Å². The van der Waals surface area contributed by atoms with Gasteiger partial charge in [-0.1, -0.05) is 13.3 Å². The lowest BCUT2D eigenvalue weighted by Gasteiger charge is -2.35. The summed E-state index contributed by atoms with van der Waals surface area (Å²) in [6.45, 7) is 5.12. The Labute approximate surface area is 113 Å². The molecule has 19 heavy (non-hydrogen) atoms. The molecule has 1 saturated heterocycles. The average molecular weight is 269 g/mol. The van der Waals surface area contributed by atoms with Gasteiger partial charge in [0.2, 0.25) is 0 Å². The van der Waals surface area contributed by atoms with Crippen molar-refractivity contribution >= 4 is 12.0 Å².